The highest BCUT2D eigenvalue weighted by molar-refractivity contribution is 6.02. The van der Waals surface area contributed by atoms with Crippen LogP contribution in [0.4, 0.5) is 0 Å². The molecule has 1 unspecified atom stereocenters. The maximum absolute atomic E-state index is 11.9. The fourth-order valence-electron chi connectivity index (χ4n) is 1.93. The lowest BCUT2D eigenvalue weighted by molar-refractivity contribution is 0.0476. The molecule has 1 atom stereocenters. The van der Waals surface area contributed by atoms with E-state index in [9.17, 15) is 9.90 Å². The quantitative estimate of drug-likeness (QED) is 0.856. The van der Waals surface area contributed by atoms with Crippen LogP contribution in [-0.2, 0) is 9.84 Å². The fraction of sp³-hybridized carbons (Fsp3) is 0.312. The fourth-order valence-corrected chi connectivity index (χ4v) is 1.93. The van der Waals surface area contributed by atoms with Gasteiger partial charge in [0, 0.05) is 12.7 Å². The molecule has 0 amide bonds. The van der Waals surface area contributed by atoms with E-state index in [-0.39, 0.29) is 12.4 Å². The first-order valence-corrected chi connectivity index (χ1v) is 6.35. The van der Waals surface area contributed by atoms with Crippen molar-refractivity contribution >= 4 is 16.6 Å². The van der Waals surface area contributed by atoms with Gasteiger partial charge in [-0.15, -0.1) is 0 Å². The predicted octanol–water partition coefficient (Wildman–Crippen LogP) is 2.09. The molecule has 0 saturated carbocycles. The van der Waals surface area contributed by atoms with Gasteiger partial charge in [0.1, 0.15) is 11.9 Å². The van der Waals surface area contributed by atoms with Crippen molar-refractivity contribution in [1.29, 1.82) is 0 Å². The molecule has 0 heterocycles. The van der Waals surface area contributed by atoms with Crippen LogP contribution in [0.15, 0.2) is 36.4 Å². The summed E-state index contributed by atoms with van der Waals surface area (Å²) >= 11 is 0. The zero-order chi connectivity index (χ0) is 15.8. The minimum Gasteiger partial charge on any atom is -0.497 e. The maximum atomic E-state index is 11.9. The Morgan fingerprint density at radius 1 is 1.10 bits per heavy atom. The maximum Gasteiger partial charge on any atom is 0.193 e. The number of carbonyl (C=O) groups excluding carboxylic acids is 1. The number of ether oxygens (including phenoxy) is 2. The zero-order valence-corrected chi connectivity index (χ0v) is 12.3. The Kier molecular flexibility index (Phi) is 6.81. The van der Waals surface area contributed by atoms with Gasteiger partial charge in [0.25, 0.3) is 0 Å². The van der Waals surface area contributed by atoms with Gasteiger partial charge in [-0.05, 0) is 29.0 Å². The number of methoxy groups -OCH3 is 2. The van der Waals surface area contributed by atoms with E-state index in [4.69, 9.17) is 14.6 Å². The number of Topliss-reactive ketones (excluding diaryl/α,β-unsaturated/α-hetero) is 1. The molecule has 2 aromatic carbocycles. The van der Waals surface area contributed by atoms with E-state index in [1.54, 1.807) is 19.2 Å². The van der Waals surface area contributed by atoms with Gasteiger partial charge in [0.15, 0.2) is 5.78 Å². The minimum absolute atomic E-state index is 0.000513. The first kappa shape index (κ1) is 17.1. The van der Waals surface area contributed by atoms with Crippen LogP contribution in [0.2, 0.25) is 0 Å². The Hall–Kier alpha value is -1.95. The molecule has 5 nitrogen and oxygen atoms in total. The number of fused-ring (bicyclic) bond motifs is 1. The lowest BCUT2D eigenvalue weighted by Crippen LogP contribution is -2.25. The summed E-state index contributed by atoms with van der Waals surface area (Å²) in [7, 11) is 3.81. The highest BCUT2D eigenvalue weighted by atomic mass is 16.5. The van der Waals surface area contributed by atoms with E-state index in [0.717, 1.165) is 23.6 Å². The van der Waals surface area contributed by atoms with Crippen molar-refractivity contribution in [2.75, 3.05) is 27.9 Å². The molecule has 113 valence electrons. The summed E-state index contributed by atoms with van der Waals surface area (Å²) < 4.78 is 9.92. The number of aliphatic hydroxyl groups excluding tert-OH is 1. The largest absolute Gasteiger partial charge is 0.497 e. The van der Waals surface area contributed by atoms with E-state index in [1.807, 2.05) is 24.3 Å². The molecule has 5 heteroatoms. The Balaban J connectivity index is 0.00000106. The van der Waals surface area contributed by atoms with Gasteiger partial charge >= 0.3 is 0 Å². The summed E-state index contributed by atoms with van der Waals surface area (Å²) in [6.07, 6.45) is -1.12. The van der Waals surface area contributed by atoms with Crippen LogP contribution in [0.25, 0.3) is 10.8 Å². The van der Waals surface area contributed by atoms with Crippen LogP contribution in [0.5, 0.6) is 5.75 Å². The molecule has 0 saturated heterocycles. The number of ketones is 1. The molecule has 0 aliphatic heterocycles. The van der Waals surface area contributed by atoms with Crippen molar-refractivity contribution in [3.63, 3.8) is 0 Å². The summed E-state index contributed by atoms with van der Waals surface area (Å²) in [5, 5.41) is 19.8. The number of rotatable bonds is 5. The Morgan fingerprint density at radius 2 is 1.71 bits per heavy atom. The molecule has 2 rings (SSSR count). The summed E-state index contributed by atoms with van der Waals surface area (Å²) in [5.74, 6) is 0.436. The lowest BCUT2D eigenvalue weighted by Gasteiger charge is -2.09. The van der Waals surface area contributed by atoms with Crippen LogP contribution in [0, 0.1) is 0 Å². The number of hydrogen-bond donors (Lipinski definition) is 1. The average Bonchev–Trinajstić information content (AvgIpc) is 2.55. The summed E-state index contributed by atoms with van der Waals surface area (Å²) in [6, 6.07) is 10.9. The second-order valence-electron chi connectivity index (χ2n) is 4.26. The van der Waals surface area contributed by atoms with E-state index in [0.29, 0.717) is 5.56 Å². The highest BCUT2D eigenvalue weighted by Crippen LogP contribution is 2.22. The van der Waals surface area contributed by atoms with Crippen LogP contribution in [0.1, 0.15) is 10.4 Å². The first-order valence-electron chi connectivity index (χ1n) is 6.35. The van der Waals surface area contributed by atoms with Crippen molar-refractivity contribution in [2.45, 2.75) is 6.10 Å². The smallest absolute Gasteiger partial charge is 0.193 e. The number of aliphatic hydroxyl groups is 1. The topological polar surface area (TPSA) is 75.7 Å². The van der Waals surface area contributed by atoms with Crippen LogP contribution in [0.3, 0.4) is 0 Å². The molecule has 0 aliphatic rings. The minimum atomic E-state index is -1.12. The van der Waals surface area contributed by atoms with Crippen molar-refractivity contribution in [1.82, 2.24) is 0 Å². The van der Waals surface area contributed by atoms with Gasteiger partial charge in [-0.1, -0.05) is 18.2 Å². The first-order chi connectivity index (χ1) is 10.2. The van der Waals surface area contributed by atoms with Gasteiger partial charge in [-0.2, -0.15) is 0 Å². The lowest BCUT2D eigenvalue weighted by atomic mass is 10.0. The molecule has 0 spiro atoms. The van der Waals surface area contributed by atoms with Crippen LogP contribution >= 0.6 is 0 Å². The molecular formula is C16H19O5. The Morgan fingerprint density at radius 3 is 2.33 bits per heavy atom. The van der Waals surface area contributed by atoms with Crippen molar-refractivity contribution < 1.29 is 24.5 Å². The summed E-state index contributed by atoms with van der Waals surface area (Å²) in [4.78, 5) is 11.9. The number of benzene rings is 2. The monoisotopic (exact) mass is 291 g/mol. The predicted molar refractivity (Wildman–Crippen MR) is 79.3 cm³/mol. The molecule has 21 heavy (non-hydrogen) atoms. The molecule has 1 radical (unpaired) electrons. The number of hydrogen-bond acceptors (Lipinski definition) is 4. The summed E-state index contributed by atoms with van der Waals surface area (Å²) in [5.41, 5.74) is 0.474. The van der Waals surface area contributed by atoms with E-state index >= 15 is 0 Å². The molecule has 1 N–H and O–H groups in total. The third-order valence-corrected chi connectivity index (χ3v) is 2.96. The van der Waals surface area contributed by atoms with Crippen LogP contribution in [-0.4, -0.2) is 44.9 Å². The van der Waals surface area contributed by atoms with Crippen LogP contribution < -0.4 is 4.74 Å². The van der Waals surface area contributed by atoms with Crippen molar-refractivity contribution in [2.24, 2.45) is 0 Å². The van der Waals surface area contributed by atoms with E-state index in [1.165, 1.54) is 7.11 Å². The normalized spacial score (nSPS) is 11.5. The SMILES string of the molecule is COCC(O)C(=O)c1ccc2cc(OC)ccc2c1.C[O]. The van der Waals surface area contributed by atoms with Gasteiger partial charge in [0.2, 0.25) is 0 Å². The van der Waals surface area contributed by atoms with Gasteiger partial charge in [0.05, 0.1) is 20.8 Å². The molecular weight excluding hydrogens is 272 g/mol. The Bertz CT molecular complexity index is 594. The molecule has 0 fully saturated rings. The highest BCUT2D eigenvalue weighted by Gasteiger charge is 2.17. The number of carbonyl (C=O) groups is 1. The average molecular weight is 291 g/mol. The molecule has 0 aliphatic carbocycles. The zero-order valence-electron chi connectivity index (χ0n) is 12.3. The van der Waals surface area contributed by atoms with E-state index < -0.39 is 6.10 Å². The third kappa shape index (κ3) is 4.26. The molecule has 2 aromatic rings. The Labute approximate surface area is 123 Å². The van der Waals surface area contributed by atoms with Crippen molar-refractivity contribution in [3.05, 3.63) is 42.0 Å². The van der Waals surface area contributed by atoms with Gasteiger partial charge in [-0.3, -0.25) is 4.79 Å². The third-order valence-electron chi connectivity index (χ3n) is 2.96. The summed E-state index contributed by atoms with van der Waals surface area (Å²) in [6.45, 7) is -0.000513. The van der Waals surface area contributed by atoms with Crippen molar-refractivity contribution in [3.8, 4) is 5.75 Å². The molecule has 0 aromatic heterocycles. The standard InChI is InChI=1S/C15H16O4.CH3O/c1-18-9-14(16)15(17)12-4-3-11-8-13(19-2)6-5-10(11)7-12;1-2/h3-8,14,16H,9H2,1-2H3;1H3. The van der Waals surface area contributed by atoms with Gasteiger partial charge in [-0.25, -0.2) is 5.11 Å². The van der Waals surface area contributed by atoms with E-state index in [2.05, 4.69) is 0 Å². The second kappa shape index (κ2) is 8.36. The molecule has 0 bridgehead atoms. The van der Waals surface area contributed by atoms with Gasteiger partial charge < -0.3 is 14.6 Å². The second-order valence-corrected chi connectivity index (χ2v) is 4.26.